The Labute approximate surface area is 116 Å². The number of carbonyl (C=O) groups is 2. The highest BCUT2D eigenvalue weighted by molar-refractivity contribution is 7.90. The normalized spacial score (nSPS) is 19.6. The highest BCUT2D eigenvalue weighted by atomic mass is 32.2. The number of nitrogen functional groups attached to an aromatic ring is 1. The Balaban J connectivity index is 2.27. The van der Waals surface area contributed by atoms with Gasteiger partial charge < -0.3 is 11.1 Å². The quantitative estimate of drug-likeness (QED) is 0.529. The summed E-state index contributed by atoms with van der Waals surface area (Å²) in [7, 11) is -3.44. The van der Waals surface area contributed by atoms with Crippen LogP contribution >= 0.6 is 0 Å². The molecule has 1 atom stereocenters. The van der Waals surface area contributed by atoms with E-state index in [0.717, 1.165) is 6.26 Å². The summed E-state index contributed by atoms with van der Waals surface area (Å²) < 4.78 is 23.1. The number of benzene rings is 1. The molecule has 20 heavy (non-hydrogen) atoms. The highest BCUT2D eigenvalue weighted by Gasteiger charge is 2.27. The predicted octanol–water partition coefficient (Wildman–Crippen LogP) is -0.111. The van der Waals surface area contributed by atoms with Gasteiger partial charge in [0.25, 0.3) is 0 Å². The molecule has 2 rings (SSSR count). The molecule has 1 heterocycles. The number of carbonyl (C=O) groups excluding carboxylic acids is 2. The molecule has 4 N–H and O–H groups in total. The molecule has 1 aromatic rings. The SMILES string of the molecule is CS(=O)(=O)c1cccc(NC2CCC(=O)NC2=O)c1N. The van der Waals surface area contributed by atoms with Crippen molar-refractivity contribution in [3.8, 4) is 0 Å². The second kappa shape index (κ2) is 5.12. The maximum absolute atomic E-state index is 11.6. The first-order chi connectivity index (χ1) is 9.29. The van der Waals surface area contributed by atoms with Crippen molar-refractivity contribution in [2.24, 2.45) is 0 Å². The maximum Gasteiger partial charge on any atom is 0.249 e. The average Bonchev–Trinajstić information content (AvgIpc) is 2.33. The number of imide groups is 1. The maximum atomic E-state index is 11.6. The Morgan fingerprint density at radius 2 is 2.05 bits per heavy atom. The van der Waals surface area contributed by atoms with Crippen molar-refractivity contribution in [3.63, 3.8) is 0 Å². The van der Waals surface area contributed by atoms with Crippen LogP contribution in [0.4, 0.5) is 11.4 Å². The van der Waals surface area contributed by atoms with E-state index in [1.807, 2.05) is 0 Å². The van der Waals surface area contributed by atoms with Crippen LogP contribution in [0.3, 0.4) is 0 Å². The lowest BCUT2D eigenvalue weighted by Gasteiger charge is -2.23. The molecule has 8 heteroatoms. The van der Waals surface area contributed by atoms with Gasteiger partial charge in [0, 0.05) is 12.7 Å². The van der Waals surface area contributed by atoms with E-state index in [0.29, 0.717) is 12.1 Å². The largest absolute Gasteiger partial charge is 0.396 e. The van der Waals surface area contributed by atoms with E-state index in [1.165, 1.54) is 6.07 Å². The molecule has 1 saturated heterocycles. The number of nitrogens with one attached hydrogen (secondary N) is 2. The van der Waals surface area contributed by atoms with Gasteiger partial charge in [-0.1, -0.05) is 6.07 Å². The van der Waals surface area contributed by atoms with Gasteiger partial charge in [-0.3, -0.25) is 14.9 Å². The minimum atomic E-state index is -3.44. The van der Waals surface area contributed by atoms with Gasteiger partial charge in [-0.2, -0.15) is 0 Å². The zero-order chi connectivity index (χ0) is 14.9. The number of anilines is 2. The van der Waals surface area contributed by atoms with Crippen molar-refractivity contribution in [1.29, 1.82) is 0 Å². The third-order valence-corrected chi connectivity index (χ3v) is 4.19. The van der Waals surface area contributed by atoms with Gasteiger partial charge in [0.05, 0.1) is 16.3 Å². The van der Waals surface area contributed by atoms with Gasteiger partial charge in [-0.25, -0.2) is 8.42 Å². The molecule has 108 valence electrons. The van der Waals surface area contributed by atoms with E-state index in [1.54, 1.807) is 12.1 Å². The number of hydrogen-bond donors (Lipinski definition) is 3. The smallest absolute Gasteiger partial charge is 0.249 e. The molecule has 0 radical (unpaired) electrons. The number of piperidine rings is 1. The molecular weight excluding hydrogens is 282 g/mol. The molecule has 1 aliphatic rings. The van der Waals surface area contributed by atoms with E-state index in [4.69, 9.17) is 5.73 Å². The van der Waals surface area contributed by atoms with Crippen molar-refractivity contribution in [1.82, 2.24) is 5.32 Å². The third-order valence-electron chi connectivity index (χ3n) is 3.03. The second-order valence-corrected chi connectivity index (χ2v) is 6.62. The minimum Gasteiger partial charge on any atom is -0.396 e. The first-order valence-corrected chi connectivity index (χ1v) is 7.87. The van der Waals surface area contributed by atoms with Crippen molar-refractivity contribution in [3.05, 3.63) is 18.2 Å². The summed E-state index contributed by atoms with van der Waals surface area (Å²) in [5, 5.41) is 5.09. The van der Waals surface area contributed by atoms with Crippen molar-refractivity contribution < 1.29 is 18.0 Å². The van der Waals surface area contributed by atoms with E-state index in [-0.39, 0.29) is 22.9 Å². The first-order valence-electron chi connectivity index (χ1n) is 5.98. The summed E-state index contributed by atoms with van der Waals surface area (Å²) in [5.41, 5.74) is 6.25. The fourth-order valence-electron chi connectivity index (χ4n) is 2.01. The number of sulfone groups is 1. The average molecular weight is 297 g/mol. The van der Waals surface area contributed by atoms with Crippen LogP contribution in [0.2, 0.25) is 0 Å². The molecule has 1 fully saturated rings. The van der Waals surface area contributed by atoms with E-state index in [2.05, 4.69) is 10.6 Å². The van der Waals surface area contributed by atoms with Crippen LogP contribution in [0.15, 0.2) is 23.1 Å². The summed E-state index contributed by atoms with van der Waals surface area (Å²) in [4.78, 5) is 22.7. The van der Waals surface area contributed by atoms with Gasteiger partial charge in [0.2, 0.25) is 11.8 Å². The topological polar surface area (TPSA) is 118 Å². The Morgan fingerprint density at radius 3 is 2.65 bits per heavy atom. The molecule has 1 aliphatic heterocycles. The van der Waals surface area contributed by atoms with Crippen LogP contribution in [-0.2, 0) is 19.4 Å². The molecule has 7 nitrogen and oxygen atoms in total. The van der Waals surface area contributed by atoms with E-state index >= 15 is 0 Å². The van der Waals surface area contributed by atoms with E-state index < -0.39 is 21.8 Å². The molecule has 0 aromatic heterocycles. The first kappa shape index (κ1) is 14.3. The number of para-hydroxylation sites is 1. The number of hydrogen-bond acceptors (Lipinski definition) is 6. The minimum absolute atomic E-state index is 0.00907. The van der Waals surface area contributed by atoms with Crippen molar-refractivity contribution >= 4 is 33.0 Å². The molecule has 2 amide bonds. The van der Waals surface area contributed by atoms with Crippen LogP contribution < -0.4 is 16.4 Å². The Kier molecular flexibility index (Phi) is 3.67. The van der Waals surface area contributed by atoms with Gasteiger partial charge in [0.1, 0.15) is 6.04 Å². The summed E-state index contributed by atoms with van der Waals surface area (Å²) in [6.45, 7) is 0. The van der Waals surface area contributed by atoms with Crippen LogP contribution in [0.1, 0.15) is 12.8 Å². The lowest BCUT2D eigenvalue weighted by atomic mass is 10.1. The van der Waals surface area contributed by atoms with Crippen LogP contribution in [0.25, 0.3) is 0 Å². The van der Waals surface area contributed by atoms with Gasteiger partial charge in [0.15, 0.2) is 9.84 Å². The summed E-state index contributed by atoms with van der Waals surface area (Å²) in [6.07, 6.45) is 1.64. The lowest BCUT2D eigenvalue weighted by Crippen LogP contribution is -2.47. The third kappa shape index (κ3) is 2.90. The van der Waals surface area contributed by atoms with Gasteiger partial charge in [-0.15, -0.1) is 0 Å². The molecular formula is C12H15N3O4S. The fraction of sp³-hybridized carbons (Fsp3) is 0.333. The lowest BCUT2D eigenvalue weighted by molar-refractivity contribution is -0.133. The van der Waals surface area contributed by atoms with Crippen molar-refractivity contribution in [2.75, 3.05) is 17.3 Å². The monoisotopic (exact) mass is 297 g/mol. The van der Waals surface area contributed by atoms with Crippen LogP contribution in [0, 0.1) is 0 Å². The summed E-state index contributed by atoms with van der Waals surface area (Å²) >= 11 is 0. The zero-order valence-electron chi connectivity index (χ0n) is 10.8. The number of amides is 2. The molecule has 0 aliphatic carbocycles. The second-order valence-electron chi connectivity index (χ2n) is 4.64. The van der Waals surface area contributed by atoms with Crippen LogP contribution in [-0.4, -0.2) is 32.5 Å². The summed E-state index contributed by atoms with van der Waals surface area (Å²) in [6, 6.07) is 3.93. The molecule has 0 spiro atoms. The Hall–Kier alpha value is -2.09. The zero-order valence-corrected chi connectivity index (χ0v) is 11.7. The standard InChI is InChI=1S/C12H15N3O4S/c1-20(18,19)9-4-2-3-7(11(9)13)14-8-5-6-10(16)15-12(8)17/h2-4,8,14H,5-6,13H2,1H3,(H,15,16,17). The predicted molar refractivity (Wildman–Crippen MR) is 73.8 cm³/mol. The molecule has 0 bridgehead atoms. The van der Waals surface area contributed by atoms with Gasteiger partial charge >= 0.3 is 0 Å². The molecule has 1 unspecified atom stereocenters. The van der Waals surface area contributed by atoms with Crippen molar-refractivity contribution in [2.45, 2.75) is 23.8 Å². The Bertz CT molecular complexity index is 669. The molecule has 1 aromatic carbocycles. The Morgan fingerprint density at radius 1 is 1.35 bits per heavy atom. The number of rotatable bonds is 3. The van der Waals surface area contributed by atoms with Crippen LogP contribution in [0.5, 0.6) is 0 Å². The number of nitrogens with two attached hydrogens (primary N) is 1. The van der Waals surface area contributed by atoms with E-state index in [9.17, 15) is 18.0 Å². The molecule has 0 saturated carbocycles. The highest BCUT2D eigenvalue weighted by Crippen LogP contribution is 2.27. The fourth-order valence-corrected chi connectivity index (χ4v) is 2.85. The summed E-state index contributed by atoms with van der Waals surface area (Å²) in [5.74, 6) is -0.753. The van der Waals surface area contributed by atoms with Gasteiger partial charge in [-0.05, 0) is 18.6 Å².